The van der Waals surface area contributed by atoms with Crippen LogP contribution in [0.25, 0.3) is 0 Å². The second-order valence-corrected chi connectivity index (χ2v) is 3.72. The zero-order valence-electron chi connectivity index (χ0n) is 7.47. The molecule has 0 saturated heterocycles. The highest BCUT2D eigenvalue weighted by atomic mass is 15.2. The number of rotatable bonds is 0. The SMILES string of the molecule is CC(C)(C)c1[nH]nc(N)c1C#N. The van der Waals surface area contributed by atoms with E-state index in [1.807, 2.05) is 26.8 Å². The minimum absolute atomic E-state index is 0.115. The van der Waals surface area contributed by atoms with Crippen LogP contribution >= 0.6 is 0 Å². The topological polar surface area (TPSA) is 78.5 Å². The number of nitrogens with zero attached hydrogens (tertiary/aromatic N) is 2. The fourth-order valence-electron chi connectivity index (χ4n) is 1.01. The van der Waals surface area contributed by atoms with Gasteiger partial charge in [0.15, 0.2) is 5.82 Å². The summed E-state index contributed by atoms with van der Waals surface area (Å²) in [6.07, 6.45) is 0. The van der Waals surface area contributed by atoms with Gasteiger partial charge in [-0.3, -0.25) is 5.10 Å². The minimum Gasteiger partial charge on any atom is -0.381 e. The fraction of sp³-hybridized carbons (Fsp3) is 0.500. The molecule has 0 aliphatic rings. The highest BCUT2D eigenvalue weighted by molar-refractivity contribution is 5.52. The van der Waals surface area contributed by atoms with Crippen molar-refractivity contribution < 1.29 is 0 Å². The third-order valence-electron chi connectivity index (χ3n) is 1.66. The molecule has 1 heterocycles. The molecule has 0 atom stereocenters. The van der Waals surface area contributed by atoms with E-state index in [0.29, 0.717) is 5.56 Å². The Morgan fingerprint density at radius 2 is 2.08 bits per heavy atom. The first kappa shape index (κ1) is 8.60. The molecule has 4 heteroatoms. The van der Waals surface area contributed by atoms with Gasteiger partial charge in [-0.1, -0.05) is 20.8 Å². The van der Waals surface area contributed by atoms with Crippen LogP contribution in [0, 0.1) is 11.3 Å². The summed E-state index contributed by atoms with van der Waals surface area (Å²) < 4.78 is 0. The highest BCUT2D eigenvalue weighted by Gasteiger charge is 2.22. The molecular formula is C8H12N4. The molecule has 0 aliphatic carbocycles. The van der Waals surface area contributed by atoms with Crippen LogP contribution in [0.2, 0.25) is 0 Å². The lowest BCUT2D eigenvalue weighted by Gasteiger charge is -2.15. The number of aromatic nitrogens is 2. The monoisotopic (exact) mass is 164 g/mol. The standard InChI is InChI=1S/C8H12N4/c1-8(2,3)6-5(4-9)7(10)12-11-6/h1-3H3,(H3,10,11,12). The Morgan fingerprint density at radius 1 is 1.50 bits per heavy atom. The van der Waals surface area contributed by atoms with Gasteiger partial charge in [0.1, 0.15) is 11.6 Å². The fourth-order valence-corrected chi connectivity index (χ4v) is 1.01. The summed E-state index contributed by atoms with van der Waals surface area (Å²) >= 11 is 0. The van der Waals surface area contributed by atoms with Crippen molar-refractivity contribution in [3.8, 4) is 6.07 Å². The van der Waals surface area contributed by atoms with Gasteiger partial charge in [0, 0.05) is 5.41 Å². The van der Waals surface area contributed by atoms with Crippen LogP contribution in [0.1, 0.15) is 32.0 Å². The van der Waals surface area contributed by atoms with E-state index in [9.17, 15) is 0 Å². The summed E-state index contributed by atoms with van der Waals surface area (Å²) in [5.74, 6) is 0.280. The summed E-state index contributed by atoms with van der Waals surface area (Å²) in [6.45, 7) is 6.00. The molecule has 64 valence electrons. The molecule has 4 nitrogen and oxygen atoms in total. The third kappa shape index (κ3) is 1.26. The molecule has 0 aliphatic heterocycles. The predicted octanol–water partition coefficient (Wildman–Crippen LogP) is 1.16. The maximum Gasteiger partial charge on any atom is 0.163 e. The second-order valence-electron chi connectivity index (χ2n) is 3.72. The van der Waals surface area contributed by atoms with E-state index in [-0.39, 0.29) is 11.2 Å². The van der Waals surface area contributed by atoms with E-state index in [1.165, 1.54) is 0 Å². The molecule has 0 unspecified atom stereocenters. The van der Waals surface area contributed by atoms with Gasteiger partial charge in [-0.05, 0) is 0 Å². The van der Waals surface area contributed by atoms with Crippen molar-refractivity contribution >= 4 is 5.82 Å². The van der Waals surface area contributed by atoms with E-state index >= 15 is 0 Å². The third-order valence-corrected chi connectivity index (χ3v) is 1.66. The molecule has 1 aromatic rings. The van der Waals surface area contributed by atoms with Crippen LogP contribution in [0.3, 0.4) is 0 Å². The Hall–Kier alpha value is -1.50. The smallest absolute Gasteiger partial charge is 0.163 e. The predicted molar refractivity (Wildman–Crippen MR) is 46.4 cm³/mol. The second kappa shape index (κ2) is 2.52. The van der Waals surface area contributed by atoms with Gasteiger partial charge in [0.2, 0.25) is 0 Å². The zero-order chi connectivity index (χ0) is 9.35. The number of nitrogens with one attached hydrogen (secondary N) is 1. The van der Waals surface area contributed by atoms with Crippen molar-refractivity contribution in [2.45, 2.75) is 26.2 Å². The average molecular weight is 164 g/mol. The Balaban J connectivity index is 3.28. The lowest BCUT2D eigenvalue weighted by atomic mass is 9.90. The van der Waals surface area contributed by atoms with E-state index in [1.54, 1.807) is 0 Å². The molecule has 0 fully saturated rings. The lowest BCUT2D eigenvalue weighted by Crippen LogP contribution is -2.13. The van der Waals surface area contributed by atoms with Crippen LogP contribution in [-0.2, 0) is 5.41 Å². The molecule has 0 bridgehead atoms. The van der Waals surface area contributed by atoms with Crippen LogP contribution < -0.4 is 5.73 Å². The van der Waals surface area contributed by atoms with Gasteiger partial charge in [-0.2, -0.15) is 10.4 Å². The van der Waals surface area contributed by atoms with Gasteiger partial charge in [0.05, 0.1) is 5.69 Å². The first-order valence-electron chi connectivity index (χ1n) is 3.71. The Morgan fingerprint density at radius 3 is 2.42 bits per heavy atom. The lowest BCUT2D eigenvalue weighted by molar-refractivity contribution is 0.565. The number of hydrogen-bond donors (Lipinski definition) is 2. The quantitative estimate of drug-likeness (QED) is 0.604. The highest BCUT2D eigenvalue weighted by Crippen LogP contribution is 2.25. The number of nitrogen functional groups attached to an aromatic ring is 1. The summed E-state index contributed by atoms with van der Waals surface area (Å²) in [5, 5.41) is 15.3. The van der Waals surface area contributed by atoms with E-state index < -0.39 is 0 Å². The molecule has 1 aromatic heterocycles. The van der Waals surface area contributed by atoms with E-state index in [0.717, 1.165) is 5.69 Å². The normalized spacial score (nSPS) is 11.2. The molecule has 3 N–H and O–H groups in total. The van der Waals surface area contributed by atoms with Gasteiger partial charge in [0.25, 0.3) is 0 Å². The first-order valence-corrected chi connectivity index (χ1v) is 3.71. The minimum atomic E-state index is -0.115. The number of hydrogen-bond acceptors (Lipinski definition) is 3. The van der Waals surface area contributed by atoms with Crippen LogP contribution in [0.15, 0.2) is 0 Å². The number of nitriles is 1. The van der Waals surface area contributed by atoms with Gasteiger partial charge in [-0.15, -0.1) is 0 Å². The maximum absolute atomic E-state index is 8.76. The zero-order valence-corrected chi connectivity index (χ0v) is 7.47. The molecule has 0 aromatic carbocycles. The molecule has 0 amide bonds. The van der Waals surface area contributed by atoms with Crippen molar-refractivity contribution in [1.82, 2.24) is 10.2 Å². The number of nitrogens with two attached hydrogens (primary N) is 1. The van der Waals surface area contributed by atoms with Crippen LogP contribution in [0.4, 0.5) is 5.82 Å². The molecular weight excluding hydrogens is 152 g/mol. The maximum atomic E-state index is 8.76. The Bertz CT molecular complexity index is 324. The molecule has 0 radical (unpaired) electrons. The van der Waals surface area contributed by atoms with Gasteiger partial charge in [-0.25, -0.2) is 0 Å². The Kier molecular flexibility index (Phi) is 1.81. The summed E-state index contributed by atoms with van der Waals surface area (Å²) in [7, 11) is 0. The van der Waals surface area contributed by atoms with Crippen LogP contribution in [0.5, 0.6) is 0 Å². The largest absolute Gasteiger partial charge is 0.381 e. The molecule has 0 saturated carbocycles. The average Bonchev–Trinajstić information content (AvgIpc) is 2.29. The number of H-pyrrole nitrogens is 1. The number of anilines is 1. The Labute approximate surface area is 71.4 Å². The number of aromatic amines is 1. The van der Waals surface area contributed by atoms with E-state index in [2.05, 4.69) is 10.2 Å². The van der Waals surface area contributed by atoms with Gasteiger partial charge < -0.3 is 5.73 Å². The summed E-state index contributed by atoms with van der Waals surface area (Å²) in [5.41, 5.74) is 6.62. The first-order chi connectivity index (χ1) is 5.46. The van der Waals surface area contributed by atoms with Crippen molar-refractivity contribution in [2.75, 3.05) is 5.73 Å². The van der Waals surface area contributed by atoms with Crippen molar-refractivity contribution in [3.05, 3.63) is 11.3 Å². The molecule has 12 heavy (non-hydrogen) atoms. The van der Waals surface area contributed by atoms with Crippen LogP contribution in [-0.4, -0.2) is 10.2 Å². The molecule has 0 spiro atoms. The van der Waals surface area contributed by atoms with Crippen molar-refractivity contribution in [2.24, 2.45) is 0 Å². The summed E-state index contributed by atoms with van der Waals surface area (Å²) in [6, 6.07) is 2.03. The van der Waals surface area contributed by atoms with Crippen molar-refractivity contribution in [3.63, 3.8) is 0 Å². The molecule has 1 rings (SSSR count). The van der Waals surface area contributed by atoms with Gasteiger partial charge >= 0.3 is 0 Å². The van der Waals surface area contributed by atoms with E-state index in [4.69, 9.17) is 11.0 Å². The summed E-state index contributed by atoms with van der Waals surface area (Å²) in [4.78, 5) is 0. The van der Waals surface area contributed by atoms with Crippen molar-refractivity contribution in [1.29, 1.82) is 5.26 Å².